The summed E-state index contributed by atoms with van der Waals surface area (Å²) in [7, 11) is 1.89. The van der Waals surface area contributed by atoms with E-state index in [0.29, 0.717) is 37.9 Å². The third-order valence-corrected chi connectivity index (χ3v) is 7.61. The number of piperazine rings is 1. The van der Waals surface area contributed by atoms with Crippen LogP contribution in [0.25, 0.3) is 10.9 Å². The van der Waals surface area contributed by atoms with E-state index in [0.717, 1.165) is 54.9 Å². The number of piperidine rings is 1. The SMILES string of the molecule is C[C@H]1CN(c2ccc3c(C4CCC(=O)NC4=O)nn(C)c3c2)CCN1C[C@@H]1CCN(C(=O)O)C1. The first-order valence-electron chi connectivity index (χ1n) is 12.1. The molecule has 3 aliphatic heterocycles. The highest BCUT2D eigenvalue weighted by molar-refractivity contribution is 6.02. The first kappa shape index (κ1) is 22.6. The Kier molecular flexibility index (Phi) is 5.93. The summed E-state index contributed by atoms with van der Waals surface area (Å²) in [6.07, 6.45) is 0.950. The molecule has 3 aliphatic rings. The number of carbonyl (C=O) groups is 3. The van der Waals surface area contributed by atoms with E-state index in [-0.39, 0.29) is 11.8 Å². The van der Waals surface area contributed by atoms with Crippen molar-refractivity contribution in [1.29, 1.82) is 0 Å². The number of fused-ring (bicyclic) bond motifs is 1. The van der Waals surface area contributed by atoms with E-state index in [4.69, 9.17) is 0 Å². The quantitative estimate of drug-likeness (QED) is 0.656. The predicted molar refractivity (Wildman–Crippen MR) is 127 cm³/mol. The van der Waals surface area contributed by atoms with Gasteiger partial charge >= 0.3 is 6.09 Å². The zero-order valence-electron chi connectivity index (χ0n) is 19.7. The van der Waals surface area contributed by atoms with Crippen LogP contribution in [0.3, 0.4) is 0 Å². The van der Waals surface area contributed by atoms with Gasteiger partial charge in [0.25, 0.3) is 0 Å². The summed E-state index contributed by atoms with van der Waals surface area (Å²) in [5, 5.41) is 17.3. The lowest BCUT2D eigenvalue weighted by atomic mass is 9.93. The van der Waals surface area contributed by atoms with Crippen molar-refractivity contribution in [3.63, 3.8) is 0 Å². The van der Waals surface area contributed by atoms with Crippen LogP contribution in [-0.4, -0.2) is 87.9 Å². The number of rotatable bonds is 4. The third-order valence-electron chi connectivity index (χ3n) is 7.61. The lowest BCUT2D eigenvalue weighted by molar-refractivity contribution is -0.134. The second kappa shape index (κ2) is 8.90. The van der Waals surface area contributed by atoms with Crippen LogP contribution in [0.5, 0.6) is 0 Å². The Hall–Kier alpha value is -3.14. The normalized spacial score (nSPS) is 26.4. The van der Waals surface area contributed by atoms with Crippen molar-refractivity contribution in [1.82, 2.24) is 24.9 Å². The van der Waals surface area contributed by atoms with Crippen LogP contribution in [0.4, 0.5) is 10.5 Å². The number of imide groups is 1. The smallest absolute Gasteiger partial charge is 0.407 e. The van der Waals surface area contributed by atoms with Gasteiger partial charge in [-0.2, -0.15) is 5.10 Å². The summed E-state index contributed by atoms with van der Waals surface area (Å²) in [4.78, 5) is 41.5. The van der Waals surface area contributed by atoms with E-state index < -0.39 is 12.0 Å². The Bertz CT molecular complexity index is 1130. The van der Waals surface area contributed by atoms with Gasteiger partial charge in [0.1, 0.15) is 0 Å². The first-order valence-corrected chi connectivity index (χ1v) is 12.1. The molecule has 10 nitrogen and oxygen atoms in total. The van der Waals surface area contributed by atoms with Crippen LogP contribution < -0.4 is 10.2 Å². The number of amides is 3. The molecule has 1 unspecified atom stereocenters. The van der Waals surface area contributed by atoms with Gasteiger partial charge in [0.2, 0.25) is 11.8 Å². The van der Waals surface area contributed by atoms with Crippen molar-refractivity contribution in [2.75, 3.05) is 44.2 Å². The van der Waals surface area contributed by atoms with Crippen molar-refractivity contribution in [2.45, 2.75) is 38.1 Å². The number of nitrogens with zero attached hydrogens (tertiary/aromatic N) is 5. The molecular weight excluding hydrogens is 436 g/mol. The van der Waals surface area contributed by atoms with Gasteiger partial charge < -0.3 is 14.9 Å². The van der Waals surface area contributed by atoms with Crippen molar-refractivity contribution < 1.29 is 19.5 Å². The van der Waals surface area contributed by atoms with Crippen LogP contribution in [0, 0.1) is 5.92 Å². The molecule has 0 bridgehead atoms. The summed E-state index contributed by atoms with van der Waals surface area (Å²) in [6, 6.07) is 6.66. The molecule has 1 aromatic heterocycles. The minimum atomic E-state index is -0.813. The number of likely N-dealkylation sites (tertiary alicyclic amines) is 1. The Morgan fingerprint density at radius 2 is 2.00 bits per heavy atom. The summed E-state index contributed by atoms with van der Waals surface area (Å²) in [6.45, 7) is 7.20. The van der Waals surface area contributed by atoms with Crippen LogP contribution in [0.1, 0.15) is 37.8 Å². The fourth-order valence-electron chi connectivity index (χ4n) is 5.67. The highest BCUT2D eigenvalue weighted by Crippen LogP contribution is 2.33. The minimum Gasteiger partial charge on any atom is -0.465 e. The van der Waals surface area contributed by atoms with E-state index in [9.17, 15) is 19.5 Å². The molecule has 3 atom stereocenters. The number of hydrogen-bond donors (Lipinski definition) is 2. The average molecular weight is 469 g/mol. The highest BCUT2D eigenvalue weighted by Gasteiger charge is 2.33. The van der Waals surface area contributed by atoms with Gasteiger partial charge in [-0.05, 0) is 43.9 Å². The maximum Gasteiger partial charge on any atom is 0.407 e. The highest BCUT2D eigenvalue weighted by atomic mass is 16.4. The first-order chi connectivity index (χ1) is 16.3. The Labute approximate surface area is 198 Å². The molecule has 0 saturated carbocycles. The number of aromatic nitrogens is 2. The largest absolute Gasteiger partial charge is 0.465 e. The van der Waals surface area contributed by atoms with E-state index >= 15 is 0 Å². The Morgan fingerprint density at radius 1 is 1.18 bits per heavy atom. The number of carboxylic acid groups (broad SMARTS) is 1. The molecule has 3 saturated heterocycles. The van der Waals surface area contributed by atoms with Crippen LogP contribution in [0.2, 0.25) is 0 Å². The van der Waals surface area contributed by atoms with Crippen LogP contribution in [-0.2, 0) is 16.6 Å². The molecule has 3 amide bonds. The maximum absolute atomic E-state index is 12.4. The molecule has 10 heteroatoms. The van der Waals surface area contributed by atoms with Gasteiger partial charge in [-0.1, -0.05) is 0 Å². The van der Waals surface area contributed by atoms with Crippen molar-refractivity contribution in [3.8, 4) is 0 Å². The monoisotopic (exact) mass is 468 g/mol. The summed E-state index contributed by atoms with van der Waals surface area (Å²) in [5.74, 6) is -0.478. The molecule has 182 valence electrons. The topological polar surface area (TPSA) is 111 Å². The van der Waals surface area contributed by atoms with Crippen molar-refractivity contribution >= 4 is 34.5 Å². The zero-order chi connectivity index (χ0) is 24.0. The molecule has 0 aliphatic carbocycles. The molecule has 0 spiro atoms. The molecule has 2 N–H and O–H groups in total. The third kappa shape index (κ3) is 4.22. The minimum absolute atomic E-state index is 0.218. The van der Waals surface area contributed by atoms with E-state index in [1.54, 1.807) is 0 Å². The summed E-state index contributed by atoms with van der Waals surface area (Å²) >= 11 is 0. The standard InChI is InChI=1S/C24H32N6O4/c1-15-12-29(10-9-28(15)13-16-7-8-30(14-16)24(33)34)17-3-4-18-20(11-17)27(2)26-22(18)19-5-6-21(31)25-23(19)32/h3-4,11,15-16,19H,5-10,12-14H2,1-2H3,(H,33,34)(H,25,31,32)/t15-,16-,19?/m0/s1. The number of nitrogens with one attached hydrogen (secondary N) is 1. The van der Waals surface area contributed by atoms with E-state index in [1.807, 2.05) is 17.8 Å². The van der Waals surface area contributed by atoms with E-state index in [2.05, 4.69) is 39.3 Å². The lowest BCUT2D eigenvalue weighted by Crippen LogP contribution is -2.53. The van der Waals surface area contributed by atoms with Crippen LogP contribution >= 0.6 is 0 Å². The number of aryl methyl sites for hydroxylation is 1. The molecule has 3 fully saturated rings. The summed E-state index contributed by atoms with van der Waals surface area (Å²) < 4.78 is 1.83. The lowest BCUT2D eigenvalue weighted by Gasteiger charge is -2.42. The fourth-order valence-corrected chi connectivity index (χ4v) is 5.67. The number of hydrogen-bond acceptors (Lipinski definition) is 6. The Morgan fingerprint density at radius 3 is 2.71 bits per heavy atom. The molecule has 34 heavy (non-hydrogen) atoms. The molecule has 1 aromatic carbocycles. The van der Waals surface area contributed by atoms with Crippen molar-refractivity contribution in [3.05, 3.63) is 23.9 Å². The van der Waals surface area contributed by atoms with Gasteiger partial charge in [-0.25, -0.2) is 4.79 Å². The molecule has 4 heterocycles. The Balaban J connectivity index is 1.27. The molecule has 0 radical (unpaired) electrons. The van der Waals surface area contributed by atoms with Crippen LogP contribution in [0.15, 0.2) is 18.2 Å². The van der Waals surface area contributed by atoms with Crippen molar-refractivity contribution in [2.24, 2.45) is 13.0 Å². The molecular formula is C24H32N6O4. The van der Waals surface area contributed by atoms with Gasteiger partial charge in [-0.3, -0.25) is 24.5 Å². The average Bonchev–Trinajstić information content (AvgIpc) is 3.40. The van der Waals surface area contributed by atoms with Gasteiger partial charge in [0.05, 0.1) is 17.1 Å². The fraction of sp³-hybridized carbons (Fsp3) is 0.583. The number of carbonyl (C=O) groups excluding carboxylic acids is 2. The number of benzene rings is 1. The second-order valence-electron chi connectivity index (χ2n) is 9.89. The second-order valence-corrected chi connectivity index (χ2v) is 9.89. The van der Waals surface area contributed by atoms with E-state index in [1.165, 1.54) is 4.90 Å². The molecule has 2 aromatic rings. The number of anilines is 1. The zero-order valence-corrected chi connectivity index (χ0v) is 19.7. The maximum atomic E-state index is 12.4. The van der Waals surface area contributed by atoms with Gasteiger partial charge in [0.15, 0.2) is 0 Å². The predicted octanol–water partition coefficient (Wildman–Crippen LogP) is 1.60. The molecule has 5 rings (SSSR count). The summed E-state index contributed by atoms with van der Waals surface area (Å²) in [5.41, 5.74) is 2.85. The van der Waals surface area contributed by atoms with Gasteiger partial charge in [-0.15, -0.1) is 0 Å². The van der Waals surface area contributed by atoms with Gasteiger partial charge in [0, 0.05) is 69.9 Å².